The summed E-state index contributed by atoms with van der Waals surface area (Å²) in [5.41, 5.74) is -0.474. The molecule has 1 aliphatic carbocycles. The van der Waals surface area contributed by atoms with Crippen LogP contribution < -0.4 is 9.88 Å². The number of carbonyl (C=O) groups is 1. The van der Waals surface area contributed by atoms with Crippen LogP contribution in [-0.4, -0.2) is 26.1 Å². The van der Waals surface area contributed by atoms with Crippen LogP contribution in [0, 0.1) is 16.7 Å². The zero-order valence-corrected chi connectivity index (χ0v) is 11.9. The van der Waals surface area contributed by atoms with E-state index >= 15 is 0 Å². The van der Waals surface area contributed by atoms with E-state index in [2.05, 4.69) is 6.07 Å². The number of benzene rings is 1. The number of carboxylic acids is 1. The van der Waals surface area contributed by atoms with E-state index in [1.165, 1.54) is 12.1 Å². The molecule has 8 heteroatoms. The zero-order valence-electron chi connectivity index (χ0n) is 11.1. The van der Waals surface area contributed by atoms with Crippen molar-refractivity contribution in [3.05, 3.63) is 23.8 Å². The molecule has 0 aromatic heterocycles. The lowest BCUT2D eigenvalue weighted by Gasteiger charge is -2.15. The fraction of sp³-hybridized carbons (Fsp3) is 0.385. The minimum atomic E-state index is -3.98. The minimum Gasteiger partial charge on any atom is -0.492 e. The second-order valence-electron chi connectivity index (χ2n) is 5.13. The largest absolute Gasteiger partial charge is 0.492 e. The van der Waals surface area contributed by atoms with Gasteiger partial charge >= 0.3 is 5.97 Å². The smallest absolute Gasteiger partial charge is 0.339 e. The number of sulfonamides is 1. The van der Waals surface area contributed by atoms with Gasteiger partial charge in [0.15, 0.2) is 0 Å². The van der Waals surface area contributed by atoms with Crippen LogP contribution in [0.3, 0.4) is 0 Å². The van der Waals surface area contributed by atoms with E-state index in [-0.39, 0.29) is 28.2 Å². The Hall–Kier alpha value is -2.11. The van der Waals surface area contributed by atoms with Gasteiger partial charge in [0, 0.05) is 11.8 Å². The summed E-state index contributed by atoms with van der Waals surface area (Å²) in [6, 6.07) is 5.51. The van der Waals surface area contributed by atoms with Crippen molar-refractivity contribution in [2.45, 2.75) is 24.2 Å². The topological polar surface area (TPSA) is 130 Å². The Bertz CT molecular complexity index is 717. The molecule has 1 fully saturated rings. The van der Waals surface area contributed by atoms with E-state index in [9.17, 15) is 13.2 Å². The Morgan fingerprint density at radius 1 is 1.48 bits per heavy atom. The van der Waals surface area contributed by atoms with Crippen LogP contribution >= 0.6 is 0 Å². The molecule has 1 aromatic carbocycles. The number of nitriles is 1. The first-order valence-corrected chi connectivity index (χ1v) is 7.72. The first-order valence-electron chi connectivity index (χ1n) is 6.17. The van der Waals surface area contributed by atoms with Crippen LogP contribution in [0.2, 0.25) is 0 Å². The summed E-state index contributed by atoms with van der Waals surface area (Å²) in [7, 11) is -3.98. The van der Waals surface area contributed by atoms with Crippen LogP contribution in [0.15, 0.2) is 23.1 Å². The lowest BCUT2D eigenvalue weighted by Crippen LogP contribution is -2.16. The summed E-state index contributed by atoms with van der Waals surface area (Å²) in [4.78, 5) is 10.9. The van der Waals surface area contributed by atoms with Crippen LogP contribution in [0.25, 0.3) is 0 Å². The molecule has 2 rings (SSSR count). The molecular formula is C13H14N2O5S. The number of aromatic carboxylic acids is 1. The van der Waals surface area contributed by atoms with E-state index in [4.69, 9.17) is 20.2 Å². The van der Waals surface area contributed by atoms with Crippen LogP contribution in [0.4, 0.5) is 0 Å². The first-order chi connectivity index (χ1) is 9.77. The van der Waals surface area contributed by atoms with Gasteiger partial charge in [-0.05, 0) is 31.0 Å². The van der Waals surface area contributed by atoms with Gasteiger partial charge in [0.05, 0.1) is 17.6 Å². The van der Waals surface area contributed by atoms with Crippen LogP contribution in [0.1, 0.15) is 29.6 Å². The summed E-state index contributed by atoms with van der Waals surface area (Å²) >= 11 is 0. The van der Waals surface area contributed by atoms with Crippen molar-refractivity contribution in [2.24, 2.45) is 10.6 Å². The maximum absolute atomic E-state index is 11.2. The fourth-order valence-electron chi connectivity index (χ4n) is 1.93. The maximum Gasteiger partial charge on any atom is 0.339 e. The van der Waals surface area contributed by atoms with E-state index < -0.39 is 16.0 Å². The Morgan fingerprint density at radius 3 is 2.62 bits per heavy atom. The van der Waals surface area contributed by atoms with E-state index in [1.807, 2.05) is 0 Å². The Kier molecular flexibility index (Phi) is 3.89. The molecule has 0 unspecified atom stereocenters. The van der Waals surface area contributed by atoms with Crippen molar-refractivity contribution in [2.75, 3.05) is 6.61 Å². The monoisotopic (exact) mass is 310 g/mol. The third-order valence-corrected chi connectivity index (χ3v) is 4.37. The average molecular weight is 310 g/mol. The van der Waals surface area contributed by atoms with E-state index in [0.717, 1.165) is 18.9 Å². The average Bonchev–Trinajstić information content (AvgIpc) is 3.15. The van der Waals surface area contributed by atoms with E-state index in [0.29, 0.717) is 6.42 Å². The number of carboxylic acid groups (broad SMARTS) is 1. The Labute approximate surface area is 122 Å². The summed E-state index contributed by atoms with van der Waals surface area (Å²) in [6.07, 6.45) is 2.07. The molecule has 7 nitrogen and oxygen atoms in total. The normalized spacial score (nSPS) is 16.0. The molecule has 1 aromatic rings. The van der Waals surface area contributed by atoms with Crippen molar-refractivity contribution < 1.29 is 23.1 Å². The third kappa shape index (κ3) is 3.51. The van der Waals surface area contributed by atoms with Gasteiger partial charge in [-0.3, -0.25) is 0 Å². The number of nitrogens with zero attached hydrogens (tertiary/aromatic N) is 1. The van der Waals surface area contributed by atoms with Gasteiger partial charge in [0.2, 0.25) is 10.0 Å². The van der Waals surface area contributed by atoms with Crippen molar-refractivity contribution in [3.8, 4) is 11.8 Å². The third-order valence-electron chi connectivity index (χ3n) is 3.45. The van der Waals surface area contributed by atoms with Crippen molar-refractivity contribution in [3.63, 3.8) is 0 Å². The second kappa shape index (κ2) is 5.35. The molecule has 1 saturated carbocycles. The zero-order chi connectivity index (χ0) is 15.7. The van der Waals surface area contributed by atoms with Crippen molar-refractivity contribution in [1.29, 1.82) is 5.26 Å². The predicted octanol–water partition coefficient (Wildman–Crippen LogP) is 1.10. The maximum atomic E-state index is 11.2. The summed E-state index contributed by atoms with van der Waals surface area (Å²) < 4.78 is 28.0. The number of hydrogen-bond acceptors (Lipinski definition) is 5. The molecule has 0 radical (unpaired) electrons. The van der Waals surface area contributed by atoms with E-state index in [1.54, 1.807) is 0 Å². The summed E-state index contributed by atoms with van der Waals surface area (Å²) in [6.45, 7) is 0.232. The molecule has 112 valence electrons. The number of hydrogen-bond donors (Lipinski definition) is 2. The van der Waals surface area contributed by atoms with Gasteiger partial charge < -0.3 is 9.84 Å². The Morgan fingerprint density at radius 2 is 2.14 bits per heavy atom. The quantitative estimate of drug-likeness (QED) is 0.809. The molecule has 0 saturated heterocycles. The molecule has 3 N–H and O–H groups in total. The minimum absolute atomic E-state index is 0.0686. The van der Waals surface area contributed by atoms with Gasteiger partial charge in [0.1, 0.15) is 11.3 Å². The second-order valence-corrected chi connectivity index (χ2v) is 6.69. The summed E-state index contributed by atoms with van der Waals surface area (Å²) in [5.74, 6) is -1.24. The highest BCUT2D eigenvalue weighted by molar-refractivity contribution is 7.89. The number of primary sulfonamides is 1. The van der Waals surface area contributed by atoms with Gasteiger partial charge in [-0.25, -0.2) is 18.4 Å². The van der Waals surface area contributed by atoms with Crippen LogP contribution in [-0.2, 0) is 10.0 Å². The summed E-state index contributed by atoms with van der Waals surface area (Å²) in [5, 5.41) is 22.8. The number of ether oxygens (including phenoxy) is 1. The molecule has 0 amide bonds. The lowest BCUT2D eigenvalue weighted by molar-refractivity contribution is 0.0690. The molecule has 0 heterocycles. The Balaban J connectivity index is 2.24. The molecular weight excluding hydrogens is 296 g/mol. The van der Waals surface area contributed by atoms with Gasteiger partial charge in [-0.1, -0.05) is 0 Å². The molecule has 0 atom stereocenters. The SMILES string of the molecule is N#CCC1(COc2ccc(S(N)(=O)=O)cc2C(=O)O)CC1. The number of rotatable bonds is 6. The highest BCUT2D eigenvalue weighted by atomic mass is 32.2. The molecule has 0 bridgehead atoms. The van der Waals surface area contributed by atoms with Crippen LogP contribution in [0.5, 0.6) is 5.75 Å². The van der Waals surface area contributed by atoms with Gasteiger partial charge in [-0.2, -0.15) is 5.26 Å². The molecule has 1 aliphatic rings. The highest BCUT2D eigenvalue weighted by Crippen LogP contribution is 2.48. The fourth-order valence-corrected chi connectivity index (χ4v) is 2.47. The molecule has 0 aliphatic heterocycles. The standard InChI is InChI=1S/C13H14N2O5S/c14-6-5-13(3-4-13)8-20-11-2-1-9(21(15,18)19)7-10(11)12(16)17/h1-2,7H,3-5,8H2,(H,16,17)(H2,15,18,19). The predicted molar refractivity (Wildman–Crippen MR) is 72.2 cm³/mol. The van der Waals surface area contributed by atoms with Crippen molar-refractivity contribution in [1.82, 2.24) is 0 Å². The molecule has 0 spiro atoms. The molecule has 21 heavy (non-hydrogen) atoms. The van der Waals surface area contributed by atoms with Gasteiger partial charge in [-0.15, -0.1) is 0 Å². The lowest BCUT2D eigenvalue weighted by atomic mass is 10.1. The number of nitrogens with two attached hydrogens (primary N) is 1. The van der Waals surface area contributed by atoms with Crippen molar-refractivity contribution >= 4 is 16.0 Å². The van der Waals surface area contributed by atoms with Gasteiger partial charge in [0.25, 0.3) is 0 Å². The highest BCUT2D eigenvalue weighted by Gasteiger charge is 2.43. The first kappa shape index (κ1) is 15.3.